The summed E-state index contributed by atoms with van der Waals surface area (Å²) in [5.74, 6) is -0.725. The zero-order valence-electron chi connectivity index (χ0n) is 10.6. The van der Waals surface area contributed by atoms with Crippen LogP contribution in [0.1, 0.15) is 18.5 Å². The predicted octanol–water partition coefficient (Wildman–Crippen LogP) is 2.29. The first-order valence-corrected chi connectivity index (χ1v) is 6.02. The van der Waals surface area contributed by atoms with Gasteiger partial charge in [-0.05, 0) is 30.7 Å². The number of aromatic nitrogens is 1. The molecular formula is C14H16FN3O. The predicted molar refractivity (Wildman–Crippen MR) is 72.1 cm³/mol. The minimum Gasteiger partial charge on any atom is -0.345 e. The summed E-state index contributed by atoms with van der Waals surface area (Å²) >= 11 is 0. The zero-order valence-corrected chi connectivity index (χ0v) is 10.6. The van der Waals surface area contributed by atoms with Gasteiger partial charge in [0.1, 0.15) is 12.4 Å². The molecular weight excluding hydrogens is 245 g/mol. The second kappa shape index (κ2) is 5.67. The Bertz CT molecular complexity index is 578. The van der Waals surface area contributed by atoms with Gasteiger partial charge in [-0.1, -0.05) is 12.1 Å². The fourth-order valence-electron chi connectivity index (χ4n) is 1.75. The fourth-order valence-corrected chi connectivity index (χ4v) is 1.75. The third-order valence-electron chi connectivity index (χ3n) is 2.77. The summed E-state index contributed by atoms with van der Waals surface area (Å²) in [5, 5.41) is 2.53. The molecule has 0 fully saturated rings. The number of carbonyl (C=O) groups is 1. The topological polar surface area (TPSA) is 60.0 Å². The van der Waals surface area contributed by atoms with Crippen molar-refractivity contribution in [3.05, 3.63) is 54.1 Å². The molecule has 2 aromatic rings. The highest BCUT2D eigenvalue weighted by Crippen LogP contribution is 2.13. The van der Waals surface area contributed by atoms with Crippen LogP contribution < -0.4 is 11.1 Å². The van der Waals surface area contributed by atoms with Crippen LogP contribution in [0, 0.1) is 5.82 Å². The molecule has 0 bridgehead atoms. The Morgan fingerprint density at radius 1 is 1.42 bits per heavy atom. The van der Waals surface area contributed by atoms with Gasteiger partial charge in [0.05, 0.1) is 5.69 Å². The summed E-state index contributed by atoms with van der Waals surface area (Å²) in [7, 11) is 0. The quantitative estimate of drug-likeness (QED) is 0.887. The molecule has 0 spiro atoms. The zero-order chi connectivity index (χ0) is 13.8. The lowest BCUT2D eigenvalue weighted by Gasteiger charge is -2.07. The van der Waals surface area contributed by atoms with Gasteiger partial charge in [0.15, 0.2) is 0 Å². The van der Waals surface area contributed by atoms with E-state index in [1.54, 1.807) is 22.9 Å². The Balaban J connectivity index is 1.99. The molecule has 0 saturated heterocycles. The van der Waals surface area contributed by atoms with Crippen molar-refractivity contribution >= 4 is 11.6 Å². The van der Waals surface area contributed by atoms with E-state index in [1.807, 2.05) is 19.2 Å². The van der Waals surface area contributed by atoms with Gasteiger partial charge in [-0.25, -0.2) is 4.39 Å². The van der Waals surface area contributed by atoms with E-state index in [4.69, 9.17) is 5.73 Å². The van der Waals surface area contributed by atoms with Gasteiger partial charge < -0.3 is 15.6 Å². The molecule has 1 atom stereocenters. The molecule has 1 aromatic carbocycles. The second-order valence-electron chi connectivity index (χ2n) is 4.43. The SMILES string of the molecule is CC(N)c1ccn(CC(=O)Nc2ccccc2F)c1. The van der Waals surface area contributed by atoms with Crippen LogP contribution in [0.2, 0.25) is 0 Å². The third-order valence-corrected chi connectivity index (χ3v) is 2.77. The van der Waals surface area contributed by atoms with Crippen molar-refractivity contribution in [1.82, 2.24) is 4.57 Å². The van der Waals surface area contributed by atoms with Crippen LogP contribution in [-0.4, -0.2) is 10.5 Å². The number of amides is 1. The van der Waals surface area contributed by atoms with E-state index in [2.05, 4.69) is 5.32 Å². The largest absolute Gasteiger partial charge is 0.345 e. The van der Waals surface area contributed by atoms with Gasteiger partial charge in [-0.2, -0.15) is 0 Å². The van der Waals surface area contributed by atoms with Gasteiger partial charge in [0.25, 0.3) is 0 Å². The number of hydrogen-bond donors (Lipinski definition) is 2. The molecule has 100 valence electrons. The molecule has 0 aliphatic rings. The Morgan fingerprint density at radius 3 is 2.79 bits per heavy atom. The molecule has 0 radical (unpaired) electrons. The lowest BCUT2D eigenvalue weighted by molar-refractivity contribution is -0.116. The number of anilines is 1. The van der Waals surface area contributed by atoms with Crippen molar-refractivity contribution in [1.29, 1.82) is 0 Å². The summed E-state index contributed by atoms with van der Waals surface area (Å²) in [6.07, 6.45) is 3.59. The van der Waals surface area contributed by atoms with E-state index in [9.17, 15) is 9.18 Å². The molecule has 2 rings (SSSR count). The monoisotopic (exact) mass is 261 g/mol. The van der Waals surface area contributed by atoms with E-state index in [-0.39, 0.29) is 24.2 Å². The van der Waals surface area contributed by atoms with E-state index in [1.165, 1.54) is 12.1 Å². The molecule has 4 nitrogen and oxygen atoms in total. The number of nitrogens with two attached hydrogens (primary N) is 1. The van der Waals surface area contributed by atoms with Gasteiger partial charge in [-0.15, -0.1) is 0 Å². The van der Waals surface area contributed by atoms with Crippen molar-refractivity contribution in [3.8, 4) is 0 Å². The van der Waals surface area contributed by atoms with Gasteiger partial charge in [0.2, 0.25) is 5.91 Å². The highest BCUT2D eigenvalue weighted by atomic mass is 19.1. The number of halogens is 1. The molecule has 1 amide bonds. The second-order valence-corrected chi connectivity index (χ2v) is 4.43. The Morgan fingerprint density at radius 2 is 2.16 bits per heavy atom. The average molecular weight is 261 g/mol. The fraction of sp³-hybridized carbons (Fsp3) is 0.214. The first kappa shape index (κ1) is 13.3. The van der Waals surface area contributed by atoms with E-state index >= 15 is 0 Å². The summed E-state index contributed by atoms with van der Waals surface area (Å²) in [6.45, 7) is 2.00. The highest BCUT2D eigenvalue weighted by Gasteiger charge is 2.08. The molecule has 1 heterocycles. The summed E-state index contributed by atoms with van der Waals surface area (Å²) in [5.41, 5.74) is 6.88. The highest BCUT2D eigenvalue weighted by molar-refractivity contribution is 5.90. The number of para-hydroxylation sites is 1. The van der Waals surface area contributed by atoms with Crippen LogP contribution in [-0.2, 0) is 11.3 Å². The van der Waals surface area contributed by atoms with Crippen LogP contribution in [0.3, 0.4) is 0 Å². The molecule has 1 unspecified atom stereocenters. The third kappa shape index (κ3) is 3.42. The first-order valence-electron chi connectivity index (χ1n) is 6.02. The maximum Gasteiger partial charge on any atom is 0.244 e. The Hall–Kier alpha value is -2.14. The van der Waals surface area contributed by atoms with Crippen LogP contribution in [0.25, 0.3) is 0 Å². The van der Waals surface area contributed by atoms with Crippen molar-refractivity contribution in [2.45, 2.75) is 19.5 Å². The van der Waals surface area contributed by atoms with E-state index in [0.717, 1.165) is 5.56 Å². The first-order chi connectivity index (χ1) is 9.06. The standard InChI is InChI=1S/C14H16FN3O/c1-10(16)11-6-7-18(8-11)9-14(19)17-13-5-3-2-4-12(13)15/h2-8,10H,9,16H2,1H3,(H,17,19). The average Bonchev–Trinajstić information content (AvgIpc) is 2.80. The molecule has 5 heteroatoms. The molecule has 0 saturated carbocycles. The van der Waals surface area contributed by atoms with Crippen molar-refractivity contribution in [2.24, 2.45) is 5.73 Å². The molecule has 0 aliphatic heterocycles. The maximum atomic E-state index is 13.4. The molecule has 1 aromatic heterocycles. The molecule has 19 heavy (non-hydrogen) atoms. The Kier molecular flexibility index (Phi) is 3.97. The number of hydrogen-bond acceptors (Lipinski definition) is 2. The van der Waals surface area contributed by atoms with Crippen LogP contribution >= 0.6 is 0 Å². The molecule has 3 N–H and O–H groups in total. The molecule has 0 aliphatic carbocycles. The maximum absolute atomic E-state index is 13.4. The number of rotatable bonds is 4. The smallest absolute Gasteiger partial charge is 0.244 e. The minimum absolute atomic E-state index is 0.0733. The summed E-state index contributed by atoms with van der Waals surface area (Å²) < 4.78 is 15.1. The van der Waals surface area contributed by atoms with E-state index < -0.39 is 5.82 Å². The Labute approximate surface area is 111 Å². The lowest BCUT2D eigenvalue weighted by atomic mass is 10.2. The van der Waals surface area contributed by atoms with Crippen LogP contribution in [0.4, 0.5) is 10.1 Å². The number of benzene rings is 1. The minimum atomic E-state index is -0.445. The van der Waals surface area contributed by atoms with Gasteiger partial charge in [0, 0.05) is 18.4 Å². The van der Waals surface area contributed by atoms with Crippen LogP contribution in [0.15, 0.2) is 42.7 Å². The normalized spacial score (nSPS) is 12.2. The number of nitrogens with zero attached hydrogens (tertiary/aromatic N) is 1. The summed E-state index contributed by atoms with van der Waals surface area (Å²) in [6, 6.07) is 7.86. The van der Waals surface area contributed by atoms with Gasteiger partial charge in [-0.3, -0.25) is 4.79 Å². The lowest BCUT2D eigenvalue weighted by Crippen LogP contribution is -2.18. The van der Waals surface area contributed by atoms with Crippen molar-refractivity contribution in [2.75, 3.05) is 5.32 Å². The van der Waals surface area contributed by atoms with Gasteiger partial charge >= 0.3 is 0 Å². The number of carbonyl (C=O) groups excluding carboxylic acids is 1. The van der Waals surface area contributed by atoms with Crippen LogP contribution in [0.5, 0.6) is 0 Å². The summed E-state index contributed by atoms with van der Waals surface area (Å²) in [4.78, 5) is 11.8. The van der Waals surface area contributed by atoms with E-state index in [0.29, 0.717) is 0 Å². The van der Waals surface area contributed by atoms with Crippen molar-refractivity contribution < 1.29 is 9.18 Å². The number of nitrogens with one attached hydrogen (secondary N) is 1. The van der Waals surface area contributed by atoms with Crippen molar-refractivity contribution in [3.63, 3.8) is 0 Å².